The van der Waals surface area contributed by atoms with Gasteiger partial charge in [0.05, 0.1) is 17.2 Å². The molecule has 156 valence electrons. The number of halogens is 2. The Kier molecular flexibility index (Phi) is 5.11. The summed E-state index contributed by atoms with van der Waals surface area (Å²) in [5.74, 6) is -0.000538. The number of alkyl halides is 1. The highest BCUT2D eigenvalue weighted by molar-refractivity contribution is 9.09. The molecule has 1 fully saturated rings. The van der Waals surface area contributed by atoms with Gasteiger partial charge in [-0.1, -0.05) is 15.9 Å². The van der Waals surface area contributed by atoms with Gasteiger partial charge in [0.25, 0.3) is 0 Å². The maximum absolute atomic E-state index is 13.8. The van der Waals surface area contributed by atoms with Gasteiger partial charge >= 0.3 is 5.69 Å². The van der Waals surface area contributed by atoms with Gasteiger partial charge in [-0.25, -0.2) is 19.2 Å². The molecular weight excluding hydrogens is 455 g/mol. The van der Waals surface area contributed by atoms with Gasteiger partial charge in [0, 0.05) is 37.2 Å². The number of benzene rings is 1. The summed E-state index contributed by atoms with van der Waals surface area (Å²) < 4.78 is 24.4. The molecule has 4 heterocycles. The molecule has 8 nitrogen and oxygen atoms in total. The van der Waals surface area contributed by atoms with E-state index in [1.807, 2.05) is 0 Å². The third-order valence-corrected chi connectivity index (χ3v) is 6.05. The number of rotatable bonds is 5. The first-order valence-corrected chi connectivity index (χ1v) is 11.0. The van der Waals surface area contributed by atoms with Crippen LogP contribution in [0, 0.1) is 5.82 Å². The van der Waals surface area contributed by atoms with Crippen LogP contribution in [0.4, 0.5) is 4.39 Å². The lowest BCUT2D eigenvalue weighted by Gasteiger charge is -2.22. The monoisotopic (exact) mass is 474 g/mol. The molecule has 0 amide bonds. The van der Waals surface area contributed by atoms with Crippen LogP contribution in [0.2, 0.25) is 0 Å². The third kappa shape index (κ3) is 3.24. The molecule has 0 saturated carbocycles. The highest BCUT2D eigenvalue weighted by Gasteiger charge is 2.24. The van der Waals surface area contributed by atoms with Crippen molar-refractivity contribution in [2.45, 2.75) is 31.8 Å². The zero-order valence-electron chi connectivity index (χ0n) is 16.2. The van der Waals surface area contributed by atoms with Crippen LogP contribution in [0.25, 0.3) is 28.1 Å². The highest BCUT2D eigenvalue weighted by atomic mass is 79.9. The van der Waals surface area contributed by atoms with Crippen LogP contribution in [0.1, 0.15) is 25.3 Å². The van der Waals surface area contributed by atoms with E-state index < -0.39 is 0 Å². The lowest BCUT2D eigenvalue weighted by Crippen LogP contribution is -2.31. The number of fused-ring (bicyclic) bond motifs is 2. The van der Waals surface area contributed by atoms with Crippen LogP contribution in [-0.4, -0.2) is 47.2 Å². The van der Waals surface area contributed by atoms with Gasteiger partial charge in [0.1, 0.15) is 17.7 Å². The quantitative estimate of drug-likeness (QED) is 0.415. The predicted molar refractivity (Wildman–Crippen MR) is 114 cm³/mol. The van der Waals surface area contributed by atoms with Gasteiger partial charge in [-0.15, -0.1) is 0 Å². The van der Waals surface area contributed by atoms with E-state index in [9.17, 15) is 9.18 Å². The minimum Gasteiger partial charge on any atom is -0.381 e. The van der Waals surface area contributed by atoms with Crippen LogP contribution in [0.5, 0.6) is 0 Å². The molecule has 10 heteroatoms. The third-order valence-electron chi connectivity index (χ3n) is 5.49. The van der Waals surface area contributed by atoms with E-state index in [-0.39, 0.29) is 17.5 Å². The predicted octanol–water partition coefficient (Wildman–Crippen LogP) is 3.21. The highest BCUT2D eigenvalue weighted by Crippen LogP contribution is 2.25. The average molecular weight is 475 g/mol. The molecule has 1 aliphatic heterocycles. The molecule has 5 rings (SSSR count). The van der Waals surface area contributed by atoms with Gasteiger partial charge in [-0.3, -0.25) is 13.7 Å². The summed E-state index contributed by atoms with van der Waals surface area (Å²) in [7, 11) is 0. The summed E-state index contributed by atoms with van der Waals surface area (Å²) in [6.45, 7) is 1.82. The first-order valence-electron chi connectivity index (χ1n) is 9.92. The standard InChI is InChI=1S/C20H20BrFN6O2/c21-6-1-7-26-17-11-23-19(27-12-24-15-3-2-13(22)10-16(15)27)25-18(17)28(20(26)29)14-4-8-30-9-5-14/h2-3,10-12,14H,1,4-9H2. The summed E-state index contributed by atoms with van der Waals surface area (Å²) in [6.07, 6.45) is 5.59. The number of hydrogen-bond donors (Lipinski definition) is 0. The van der Waals surface area contributed by atoms with Crippen LogP contribution in [0.3, 0.4) is 0 Å². The zero-order chi connectivity index (χ0) is 20.7. The van der Waals surface area contributed by atoms with Crippen molar-refractivity contribution in [3.05, 3.63) is 47.0 Å². The summed E-state index contributed by atoms with van der Waals surface area (Å²) in [5.41, 5.74) is 2.44. The number of imidazole rings is 2. The molecule has 30 heavy (non-hydrogen) atoms. The van der Waals surface area contributed by atoms with Crippen molar-refractivity contribution < 1.29 is 9.13 Å². The second-order valence-electron chi connectivity index (χ2n) is 7.32. The van der Waals surface area contributed by atoms with Crippen molar-refractivity contribution in [3.63, 3.8) is 0 Å². The molecule has 0 N–H and O–H groups in total. The average Bonchev–Trinajstić information content (AvgIpc) is 3.30. The van der Waals surface area contributed by atoms with E-state index in [4.69, 9.17) is 9.72 Å². The minimum absolute atomic E-state index is 0.0266. The lowest BCUT2D eigenvalue weighted by atomic mass is 10.1. The number of aryl methyl sites for hydroxylation is 1. The normalized spacial score (nSPS) is 15.4. The molecule has 0 radical (unpaired) electrons. The fraction of sp³-hybridized carbons (Fsp3) is 0.400. The van der Waals surface area contributed by atoms with Crippen molar-refractivity contribution in [2.75, 3.05) is 18.5 Å². The van der Waals surface area contributed by atoms with E-state index >= 15 is 0 Å². The Bertz CT molecular complexity index is 1270. The van der Waals surface area contributed by atoms with Crippen molar-refractivity contribution in [3.8, 4) is 5.95 Å². The van der Waals surface area contributed by atoms with Crippen molar-refractivity contribution in [1.29, 1.82) is 0 Å². The fourth-order valence-electron chi connectivity index (χ4n) is 4.01. The Labute approximate surface area is 179 Å². The molecule has 1 saturated heterocycles. The minimum atomic E-state index is -0.356. The molecule has 0 spiro atoms. The number of hydrogen-bond acceptors (Lipinski definition) is 5. The topological polar surface area (TPSA) is 79.8 Å². The molecular formula is C20H20BrFN6O2. The molecule has 0 aliphatic carbocycles. The second-order valence-corrected chi connectivity index (χ2v) is 8.11. The zero-order valence-corrected chi connectivity index (χ0v) is 17.8. The smallest absolute Gasteiger partial charge is 0.330 e. The van der Waals surface area contributed by atoms with E-state index in [0.29, 0.717) is 47.9 Å². The van der Waals surface area contributed by atoms with Crippen molar-refractivity contribution >= 4 is 38.1 Å². The molecule has 0 bridgehead atoms. The first kappa shape index (κ1) is 19.4. The van der Waals surface area contributed by atoms with Crippen LogP contribution in [-0.2, 0) is 11.3 Å². The Hall–Kier alpha value is -2.59. The second kappa shape index (κ2) is 7.92. The molecule has 3 aromatic heterocycles. The van der Waals surface area contributed by atoms with E-state index in [2.05, 4.69) is 25.9 Å². The Morgan fingerprint density at radius 3 is 2.83 bits per heavy atom. The maximum atomic E-state index is 13.8. The lowest BCUT2D eigenvalue weighted by molar-refractivity contribution is 0.0694. The fourth-order valence-corrected chi connectivity index (χ4v) is 4.26. The molecule has 4 aromatic rings. The molecule has 0 atom stereocenters. The maximum Gasteiger partial charge on any atom is 0.330 e. The van der Waals surface area contributed by atoms with Gasteiger partial charge in [0.2, 0.25) is 5.95 Å². The molecule has 0 unspecified atom stereocenters. The Balaban J connectivity index is 1.70. The Morgan fingerprint density at radius 2 is 2.03 bits per heavy atom. The first-order chi connectivity index (χ1) is 14.7. The summed E-state index contributed by atoms with van der Waals surface area (Å²) >= 11 is 3.43. The van der Waals surface area contributed by atoms with Gasteiger partial charge in [-0.2, -0.15) is 4.98 Å². The SMILES string of the molecule is O=c1n(CCCBr)c2cnc(-n3cnc4ccc(F)cc43)nc2n1C1CCOCC1. The summed E-state index contributed by atoms with van der Waals surface area (Å²) in [4.78, 5) is 26.8. The van der Waals surface area contributed by atoms with E-state index in [1.54, 1.807) is 32.3 Å². The van der Waals surface area contributed by atoms with Crippen LogP contribution < -0.4 is 5.69 Å². The number of aromatic nitrogens is 6. The molecule has 1 aliphatic rings. The number of ether oxygens (including phenoxy) is 1. The van der Waals surface area contributed by atoms with Crippen LogP contribution in [0.15, 0.2) is 35.5 Å². The van der Waals surface area contributed by atoms with E-state index in [1.165, 1.54) is 12.1 Å². The summed E-state index contributed by atoms with van der Waals surface area (Å²) in [6, 6.07) is 4.42. The Morgan fingerprint density at radius 1 is 1.20 bits per heavy atom. The van der Waals surface area contributed by atoms with Gasteiger partial charge in [0.15, 0.2) is 5.65 Å². The van der Waals surface area contributed by atoms with E-state index in [0.717, 1.165) is 24.6 Å². The largest absolute Gasteiger partial charge is 0.381 e. The van der Waals surface area contributed by atoms with Gasteiger partial charge < -0.3 is 4.74 Å². The summed E-state index contributed by atoms with van der Waals surface area (Å²) in [5, 5.41) is 0.801. The van der Waals surface area contributed by atoms with Gasteiger partial charge in [-0.05, 0) is 31.4 Å². The molecule has 1 aromatic carbocycles. The van der Waals surface area contributed by atoms with Crippen molar-refractivity contribution in [2.24, 2.45) is 0 Å². The van der Waals surface area contributed by atoms with Crippen molar-refractivity contribution in [1.82, 2.24) is 28.7 Å². The van der Waals surface area contributed by atoms with Crippen LogP contribution >= 0.6 is 15.9 Å². The number of nitrogens with zero attached hydrogens (tertiary/aromatic N) is 6.